The highest BCUT2D eigenvalue weighted by Crippen LogP contribution is 2.20. The summed E-state index contributed by atoms with van der Waals surface area (Å²) in [6.07, 6.45) is 3.23. The molecule has 3 rings (SSSR count). The lowest BCUT2D eigenvalue weighted by atomic mass is 10.1. The lowest BCUT2D eigenvalue weighted by Crippen LogP contribution is -2.37. The van der Waals surface area contributed by atoms with Crippen molar-refractivity contribution in [2.24, 2.45) is 0 Å². The van der Waals surface area contributed by atoms with Crippen molar-refractivity contribution in [3.05, 3.63) is 95.8 Å². The number of ketones is 1. The summed E-state index contributed by atoms with van der Waals surface area (Å²) in [5.41, 5.74) is -3.51. The van der Waals surface area contributed by atoms with E-state index in [1.807, 2.05) is 25.1 Å². The minimum Gasteiger partial charge on any atom is -0.741 e. The second kappa shape index (κ2) is 10.2. The van der Waals surface area contributed by atoms with Crippen molar-refractivity contribution in [3.63, 3.8) is 0 Å². The molecule has 1 heterocycles. The third kappa shape index (κ3) is 7.48. The van der Waals surface area contributed by atoms with E-state index in [4.69, 9.17) is 13.0 Å². The molecule has 0 N–H and O–H groups in total. The van der Waals surface area contributed by atoms with Gasteiger partial charge in [-0.1, -0.05) is 48.0 Å². The van der Waals surface area contributed by atoms with E-state index >= 15 is 0 Å². The van der Waals surface area contributed by atoms with E-state index in [1.165, 1.54) is 0 Å². The van der Waals surface area contributed by atoms with Gasteiger partial charge in [-0.3, -0.25) is 4.79 Å². The van der Waals surface area contributed by atoms with Gasteiger partial charge in [-0.25, -0.2) is 16.8 Å². The Labute approximate surface area is 188 Å². The zero-order valence-electron chi connectivity index (χ0n) is 17.1. The van der Waals surface area contributed by atoms with Gasteiger partial charge in [0.2, 0.25) is 9.84 Å². The number of carbonyl (C=O) groups is 1. The monoisotopic (exact) mass is 501 g/mol. The number of rotatable bonds is 5. The van der Waals surface area contributed by atoms with Crippen LogP contribution in [0.2, 0.25) is 0 Å². The number of pyridine rings is 1. The molecule has 7 nitrogen and oxygen atoms in total. The van der Waals surface area contributed by atoms with Gasteiger partial charge < -0.3 is 4.55 Å². The molecule has 0 fully saturated rings. The molecule has 0 aliphatic heterocycles. The van der Waals surface area contributed by atoms with Gasteiger partial charge in [0.1, 0.15) is 0 Å². The molecule has 1 aromatic heterocycles. The standard InChI is InChI=1S/C20H18NO3S.CHF3O3S/c1-16-7-9-19(10-8-16)25(23,24)15-21-13-11-18(12-14-21)20(22)17-5-3-2-4-6-17;2-1(3,4)8(5,6)7/h2-14H,15H2,1H3;(H,5,6,7)/q+1;/p-1. The highest BCUT2D eigenvalue weighted by molar-refractivity contribution is 7.90. The molecule has 0 radical (unpaired) electrons. The van der Waals surface area contributed by atoms with Crippen LogP contribution in [0.3, 0.4) is 0 Å². The third-order valence-electron chi connectivity index (χ3n) is 4.17. The number of alkyl halides is 3. The number of hydrogen-bond acceptors (Lipinski definition) is 6. The number of aryl methyl sites for hydroxylation is 1. The summed E-state index contributed by atoms with van der Waals surface area (Å²) in [5, 5.41) is 0. The van der Waals surface area contributed by atoms with E-state index in [1.54, 1.807) is 65.5 Å². The van der Waals surface area contributed by atoms with E-state index in [9.17, 15) is 26.4 Å². The Kier molecular flexibility index (Phi) is 8.11. The predicted molar refractivity (Wildman–Crippen MR) is 111 cm³/mol. The molecule has 0 saturated carbocycles. The maximum absolute atomic E-state index is 12.5. The number of sulfone groups is 1. The Bertz CT molecular complexity index is 1310. The Balaban J connectivity index is 0.000000414. The van der Waals surface area contributed by atoms with Crippen LogP contribution in [0.5, 0.6) is 0 Å². The molecule has 33 heavy (non-hydrogen) atoms. The number of carbonyl (C=O) groups excluding carboxylic acids is 1. The normalized spacial score (nSPS) is 11.9. The van der Waals surface area contributed by atoms with Crippen LogP contribution in [-0.2, 0) is 25.8 Å². The number of aromatic nitrogens is 1. The number of benzene rings is 2. The smallest absolute Gasteiger partial charge is 0.485 e. The van der Waals surface area contributed by atoms with Crippen molar-refractivity contribution < 1.29 is 43.9 Å². The maximum atomic E-state index is 12.5. The van der Waals surface area contributed by atoms with Gasteiger partial charge in [0.05, 0.1) is 4.90 Å². The van der Waals surface area contributed by atoms with Gasteiger partial charge in [0.25, 0.3) is 5.88 Å². The van der Waals surface area contributed by atoms with Crippen LogP contribution in [0.1, 0.15) is 21.5 Å². The fourth-order valence-electron chi connectivity index (χ4n) is 2.47. The number of hydrogen-bond donors (Lipinski definition) is 0. The van der Waals surface area contributed by atoms with Gasteiger partial charge in [-0.2, -0.15) is 17.7 Å². The van der Waals surface area contributed by atoms with E-state index in [2.05, 4.69) is 0 Å². The van der Waals surface area contributed by atoms with Crippen molar-refractivity contribution in [1.82, 2.24) is 0 Å². The second-order valence-electron chi connectivity index (χ2n) is 6.75. The lowest BCUT2D eigenvalue weighted by Gasteiger charge is -2.08. The zero-order valence-corrected chi connectivity index (χ0v) is 18.7. The minimum absolute atomic E-state index is 0.0888. The molecule has 0 spiro atoms. The summed E-state index contributed by atoms with van der Waals surface area (Å²) in [4.78, 5) is 12.7. The number of halogens is 3. The molecule has 3 aromatic rings. The average molecular weight is 502 g/mol. The first-order valence-electron chi connectivity index (χ1n) is 9.11. The van der Waals surface area contributed by atoms with Crippen LogP contribution in [0.25, 0.3) is 0 Å². The molecular weight excluding hydrogens is 483 g/mol. The number of nitrogens with zero attached hydrogens (tertiary/aromatic N) is 1. The first-order chi connectivity index (χ1) is 15.2. The van der Waals surface area contributed by atoms with E-state index < -0.39 is 25.5 Å². The molecule has 0 aliphatic rings. The average Bonchev–Trinajstić information content (AvgIpc) is 2.73. The summed E-state index contributed by atoms with van der Waals surface area (Å²) in [7, 11) is -9.53. The summed E-state index contributed by atoms with van der Waals surface area (Å²) < 4.78 is 85.4. The molecule has 0 saturated heterocycles. The van der Waals surface area contributed by atoms with E-state index in [-0.39, 0.29) is 16.6 Å². The van der Waals surface area contributed by atoms with Gasteiger partial charge >= 0.3 is 5.51 Å². The molecule has 176 valence electrons. The van der Waals surface area contributed by atoms with Crippen LogP contribution < -0.4 is 4.57 Å². The van der Waals surface area contributed by atoms with Gasteiger partial charge in [-0.05, 0) is 19.1 Å². The minimum atomic E-state index is -6.09. The summed E-state index contributed by atoms with van der Waals surface area (Å²) in [6.45, 7) is 1.91. The fraction of sp³-hybridized carbons (Fsp3) is 0.143. The van der Waals surface area contributed by atoms with Gasteiger partial charge in [0.15, 0.2) is 28.3 Å². The Hall–Kier alpha value is -3.09. The topological polar surface area (TPSA) is 112 Å². The van der Waals surface area contributed by atoms with Crippen LogP contribution in [0.15, 0.2) is 84.0 Å². The largest absolute Gasteiger partial charge is 0.741 e. The molecule has 12 heteroatoms. The van der Waals surface area contributed by atoms with Crippen LogP contribution in [0, 0.1) is 6.92 Å². The molecule has 0 unspecified atom stereocenters. The molecule has 0 atom stereocenters. The zero-order chi connectivity index (χ0) is 24.9. The van der Waals surface area contributed by atoms with Crippen molar-refractivity contribution >= 4 is 25.7 Å². The Morgan fingerprint density at radius 3 is 1.76 bits per heavy atom. The highest BCUT2D eigenvalue weighted by atomic mass is 32.2. The van der Waals surface area contributed by atoms with Crippen LogP contribution in [0.4, 0.5) is 13.2 Å². The molecule has 2 aromatic carbocycles. The summed E-state index contributed by atoms with van der Waals surface area (Å²) in [5.74, 6) is -0.260. The third-order valence-corrected chi connectivity index (χ3v) is 6.37. The molecule has 0 bridgehead atoms. The van der Waals surface area contributed by atoms with Crippen molar-refractivity contribution in [2.45, 2.75) is 23.2 Å². The first kappa shape index (κ1) is 26.2. The fourth-order valence-corrected chi connectivity index (χ4v) is 3.73. The highest BCUT2D eigenvalue weighted by Gasteiger charge is 2.36. The first-order valence-corrected chi connectivity index (χ1v) is 12.2. The van der Waals surface area contributed by atoms with Crippen molar-refractivity contribution in [2.75, 3.05) is 0 Å². The molecular formula is C21H18F3NO6S2. The van der Waals surface area contributed by atoms with E-state index in [0.717, 1.165) is 5.56 Å². The van der Waals surface area contributed by atoms with Crippen LogP contribution in [-0.4, -0.2) is 32.7 Å². The summed E-state index contributed by atoms with van der Waals surface area (Å²) in [6, 6.07) is 19.0. The SMILES string of the molecule is Cc1ccc(S(=O)(=O)C[n+]2ccc(C(=O)c3ccccc3)cc2)cc1.O=S(=O)([O-])C(F)(F)F. The van der Waals surface area contributed by atoms with E-state index in [0.29, 0.717) is 11.1 Å². The lowest BCUT2D eigenvalue weighted by molar-refractivity contribution is -0.677. The van der Waals surface area contributed by atoms with Gasteiger partial charge in [-0.15, -0.1) is 0 Å². The Morgan fingerprint density at radius 1 is 0.848 bits per heavy atom. The van der Waals surface area contributed by atoms with Crippen LogP contribution >= 0.6 is 0 Å². The van der Waals surface area contributed by atoms with Gasteiger partial charge in [0, 0.05) is 23.3 Å². The van der Waals surface area contributed by atoms with Crippen molar-refractivity contribution in [1.29, 1.82) is 0 Å². The molecule has 0 aliphatic carbocycles. The maximum Gasteiger partial charge on any atom is 0.485 e. The summed E-state index contributed by atoms with van der Waals surface area (Å²) >= 11 is 0. The molecule has 0 amide bonds. The Morgan fingerprint density at radius 2 is 1.30 bits per heavy atom. The second-order valence-corrected chi connectivity index (χ2v) is 10.1. The quantitative estimate of drug-likeness (QED) is 0.230. The predicted octanol–water partition coefficient (Wildman–Crippen LogP) is 3.00. The van der Waals surface area contributed by atoms with Crippen molar-refractivity contribution in [3.8, 4) is 0 Å².